The summed E-state index contributed by atoms with van der Waals surface area (Å²) in [6.07, 6.45) is 42.9. The van der Waals surface area contributed by atoms with Crippen LogP contribution in [0.25, 0.3) is 16.7 Å². The fourth-order valence-electron chi connectivity index (χ4n) is 18.1. The fraction of sp³-hybridized carbons (Fsp3) is 0.717. The Hall–Kier alpha value is -6.90. The standard InChI is InChI=1S/C106H172N9O23PS2/c1-12-16-18-20-22-24-26-28-29-31-33-35-37-39-41-48-102(118)108-95(98(116)47-40-38-36-34-32-30-27-25-23-21-19-17-13-2)83-139(120)137-56-53-115(10,11)82-88-81-112(110-109-88)52-55-128-58-60-130-62-64-132-66-68-134-70-72-136-74-73-135-71-69-133-67-65-131-63-61-129-59-57-127-54-50-107-101(117)49-44-51-111(9)104(119)90-46-43-42-45-89(90)103-93-75-91-86(84-140(121,122)123)79-105(5,6)113(14-3)96(91)77-99(93)138-100-78-97-92(76-94(100)103)87(85-141(124,125)126)80-106(7,8)114(97)15-4/h40,42-43,45-47,75-81,95,98,116H,12-39,41,44,48-74,82-85H2,1-11H3,(H-3,107,108,117,118,121,122,123,124,125,126)/p+1/b47-40-. The maximum Gasteiger partial charge on any atom is 0.510 e. The molecule has 0 fully saturated rings. The number of hydrogen-bond donors (Lipinski definition) is 3. The third-order valence-corrected chi connectivity index (χ3v) is 28.0. The average molecular weight is 2040 g/mol. The smallest absolute Gasteiger partial charge is 0.510 e. The number of quaternary nitrogens is 1. The number of fused-ring (bicyclic) bond motifs is 4. The fourth-order valence-corrected chi connectivity index (χ4v) is 20.4. The molecule has 32 nitrogen and oxygen atoms in total. The van der Waals surface area contributed by atoms with Crippen molar-refractivity contribution in [1.82, 2.24) is 35.1 Å². The predicted molar refractivity (Wildman–Crippen MR) is 553 cm³/mol. The summed E-state index contributed by atoms with van der Waals surface area (Å²) in [5.74, 6) is -1.44. The SMILES string of the molecule is CCCCCCCCCCCCC/C=C\C(O)C(C[P+](=O)OCC[N+](C)(C)Cc1cn(CCOCCOCCOCCOCCOCCOCCOCCOCCOCCOCCNC(=O)CCCN(C)C(=O)c2ccccc2C2=c3cc4c(cc3Oc3cc5c(cc32)C(CS(=O)(=O)[O-])=CC(C)(C)N5CC)=[N+](CC)C(C)(C)C=C4CS(=O)(=O)[O-])nn1)NC(=O)CCCCCCCCCCCCCCCCC. The number of ether oxygens (including phenoxy) is 11. The molecule has 4 heterocycles. The Labute approximate surface area is 843 Å². The van der Waals surface area contributed by atoms with Gasteiger partial charge in [0.1, 0.15) is 42.9 Å². The van der Waals surface area contributed by atoms with Crippen LogP contribution in [0.15, 0.2) is 79.0 Å². The topological polar surface area (TPSA) is 378 Å². The molecular formula is C106H173N9O23PS2+. The number of aliphatic hydroxyl groups is 1. The Morgan fingerprint density at radius 1 is 0.567 bits per heavy atom. The van der Waals surface area contributed by atoms with Crippen LogP contribution in [0.4, 0.5) is 5.69 Å². The van der Waals surface area contributed by atoms with Crippen molar-refractivity contribution in [3.63, 3.8) is 0 Å². The second-order valence-corrected chi connectivity index (χ2v) is 42.9. The first-order chi connectivity index (χ1) is 67.9. The molecule has 3 aliphatic rings. The van der Waals surface area contributed by atoms with Crippen molar-refractivity contribution >= 4 is 68.4 Å². The molecule has 0 spiro atoms. The summed E-state index contributed by atoms with van der Waals surface area (Å²) in [6.45, 7) is 27.7. The Kier molecular flexibility index (Phi) is 58.2. The third kappa shape index (κ3) is 47.7. The number of anilines is 1. The highest BCUT2D eigenvalue weighted by molar-refractivity contribution is 7.86. The Morgan fingerprint density at radius 2 is 1.04 bits per heavy atom. The number of aliphatic hydroxyl groups excluding tert-OH is 1. The van der Waals surface area contributed by atoms with Crippen LogP contribution in [-0.4, -0.2) is 307 Å². The zero-order valence-electron chi connectivity index (χ0n) is 87.1. The van der Waals surface area contributed by atoms with E-state index in [1.807, 2.05) is 65.9 Å². The van der Waals surface area contributed by atoms with E-state index >= 15 is 0 Å². The van der Waals surface area contributed by atoms with Crippen molar-refractivity contribution < 1.29 is 111 Å². The molecule has 35 heteroatoms. The molecule has 3 N–H and O–H groups in total. The van der Waals surface area contributed by atoms with Crippen molar-refractivity contribution in [2.45, 2.75) is 284 Å². The van der Waals surface area contributed by atoms with E-state index in [0.717, 1.165) is 44.2 Å². The van der Waals surface area contributed by atoms with E-state index in [4.69, 9.17) is 56.6 Å². The monoisotopic (exact) mass is 2040 g/mol. The van der Waals surface area contributed by atoms with Gasteiger partial charge in [0.15, 0.2) is 12.1 Å². The number of likely N-dealkylation sites (N-methyl/N-ethyl adjacent to an activating group) is 3. The number of amides is 3. The van der Waals surface area contributed by atoms with Gasteiger partial charge in [-0.15, -0.1) is 9.62 Å². The number of nitrogens with zero attached hydrogens (tertiary/aromatic N) is 7. The van der Waals surface area contributed by atoms with Gasteiger partial charge >= 0.3 is 8.03 Å². The molecule has 1 aromatic heterocycles. The lowest BCUT2D eigenvalue weighted by molar-refractivity contribution is -0.903. The Balaban J connectivity index is 0.654. The van der Waals surface area contributed by atoms with Gasteiger partial charge in [0.2, 0.25) is 23.3 Å². The van der Waals surface area contributed by atoms with Crippen LogP contribution in [0.3, 0.4) is 0 Å². The zero-order valence-corrected chi connectivity index (χ0v) is 89.6. The van der Waals surface area contributed by atoms with Gasteiger partial charge in [-0.1, -0.05) is 210 Å². The van der Waals surface area contributed by atoms with Gasteiger partial charge in [0.05, 0.1) is 214 Å². The summed E-state index contributed by atoms with van der Waals surface area (Å²) < 4.78 is 162. The Morgan fingerprint density at radius 3 is 1.55 bits per heavy atom. The lowest BCUT2D eigenvalue weighted by Gasteiger charge is -2.44. The van der Waals surface area contributed by atoms with Crippen LogP contribution in [0.1, 0.15) is 286 Å². The quantitative estimate of drug-likeness (QED) is 0.00812. The minimum Gasteiger partial charge on any atom is -0.748 e. The lowest BCUT2D eigenvalue weighted by Crippen LogP contribution is -2.50. The summed E-state index contributed by atoms with van der Waals surface area (Å²) in [4.78, 5) is 44.7. The van der Waals surface area contributed by atoms with Gasteiger partial charge in [-0.2, -0.15) is 0 Å². The highest BCUT2D eigenvalue weighted by Gasteiger charge is 2.40. The normalized spacial score (nSPS) is 14.6. The number of nitrogens with one attached hydrogen (secondary N) is 2. The summed E-state index contributed by atoms with van der Waals surface area (Å²) in [5.41, 5.74) is 3.44. The number of unbranched alkanes of at least 4 members (excludes halogenated alkanes) is 25. The van der Waals surface area contributed by atoms with Crippen molar-refractivity contribution in [3.05, 3.63) is 123 Å². The van der Waals surface area contributed by atoms with Gasteiger partial charge in [0.25, 0.3) is 5.91 Å². The first kappa shape index (κ1) is 121. The molecule has 3 atom stereocenters. The number of carbonyl (C=O) groups is 3. The summed E-state index contributed by atoms with van der Waals surface area (Å²) in [5, 5.41) is 27.1. The molecule has 0 saturated carbocycles. The van der Waals surface area contributed by atoms with Crippen LogP contribution in [-0.2, 0) is 99.4 Å². The van der Waals surface area contributed by atoms with E-state index < -0.39 is 63.0 Å². The maximum atomic E-state index is 14.8. The maximum absolute atomic E-state index is 14.8. The second-order valence-electron chi connectivity index (χ2n) is 38.9. The van der Waals surface area contributed by atoms with Crippen LogP contribution < -0.4 is 35.4 Å². The van der Waals surface area contributed by atoms with E-state index in [0.29, 0.717) is 248 Å². The van der Waals surface area contributed by atoms with Gasteiger partial charge in [0, 0.05) is 92.6 Å². The predicted octanol–water partition coefficient (Wildman–Crippen LogP) is 14.9. The minimum absolute atomic E-state index is 0.0280. The van der Waals surface area contributed by atoms with Gasteiger partial charge in [-0.05, 0) is 98.9 Å². The van der Waals surface area contributed by atoms with Crippen LogP contribution >= 0.6 is 8.03 Å². The number of benzene rings is 3. The summed E-state index contributed by atoms with van der Waals surface area (Å²) in [6, 6.07) is 13.6. The molecule has 3 aliphatic heterocycles. The third-order valence-electron chi connectivity index (χ3n) is 25.6. The largest absolute Gasteiger partial charge is 0.748 e. The zero-order chi connectivity index (χ0) is 102. The Bertz CT molecular complexity index is 4800. The van der Waals surface area contributed by atoms with Gasteiger partial charge in [-0.25, -0.2) is 26.1 Å². The van der Waals surface area contributed by atoms with Crippen molar-refractivity contribution in [3.8, 4) is 11.5 Å². The number of allylic oxidation sites excluding steroid dienone is 1. The van der Waals surface area contributed by atoms with Crippen LogP contribution in [0.5, 0.6) is 11.5 Å². The highest BCUT2D eigenvalue weighted by atomic mass is 32.2. The summed E-state index contributed by atoms with van der Waals surface area (Å²) >= 11 is 0. The molecule has 7 rings (SSSR count). The van der Waals surface area contributed by atoms with Crippen LogP contribution in [0.2, 0.25) is 0 Å². The molecule has 3 aromatic carbocycles. The lowest BCUT2D eigenvalue weighted by atomic mass is 9.83. The molecule has 3 unspecified atom stereocenters. The second kappa shape index (κ2) is 67.8. The van der Waals surface area contributed by atoms with Crippen molar-refractivity contribution in [2.24, 2.45) is 0 Å². The molecule has 0 aliphatic carbocycles. The molecule has 141 heavy (non-hydrogen) atoms. The molecule has 796 valence electrons. The van der Waals surface area contributed by atoms with Gasteiger partial charge in [-0.3, -0.25) is 14.4 Å². The molecule has 0 bridgehead atoms. The first-order valence-corrected chi connectivity index (χ1v) is 57.0. The van der Waals surface area contributed by atoms with E-state index in [-0.39, 0.29) is 56.6 Å². The van der Waals surface area contributed by atoms with E-state index in [9.17, 15) is 50.0 Å². The molecule has 4 aromatic rings. The highest BCUT2D eigenvalue weighted by Crippen LogP contribution is 2.48. The average Bonchev–Trinajstić information content (AvgIpc) is 0.766. The van der Waals surface area contributed by atoms with Crippen molar-refractivity contribution in [2.75, 3.05) is 215 Å². The van der Waals surface area contributed by atoms with E-state index in [1.165, 1.54) is 140 Å². The van der Waals surface area contributed by atoms with Crippen molar-refractivity contribution in [1.29, 1.82) is 0 Å². The van der Waals surface area contributed by atoms with Gasteiger partial charge < -0.3 is 91.2 Å². The van der Waals surface area contributed by atoms with E-state index in [2.05, 4.69) is 58.4 Å². The van der Waals surface area contributed by atoms with Crippen LogP contribution in [0, 0.1) is 0 Å². The minimum atomic E-state index is -4.76. The summed E-state index contributed by atoms with van der Waals surface area (Å²) in [7, 11) is -5.91. The molecule has 0 saturated heterocycles. The molecular weight excluding hydrogens is 1860 g/mol. The number of hydrogen-bond acceptors (Lipinski definition) is 26. The number of aromatic nitrogens is 3. The van der Waals surface area contributed by atoms with E-state index in [1.54, 1.807) is 66.4 Å². The number of rotatable bonds is 84. The number of carbonyl (C=O) groups excluding carboxylic acids is 3. The molecule has 3 amide bonds. The first-order valence-electron chi connectivity index (χ1n) is 52.5. The molecule has 0 radical (unpaired) electrons.